The summed E-state index contributed by atoms with van der Waals surface area (Å²) < 4.78 is 4.92. The SMILES string of the molecule is C=CCCOC(=O)C(C)CC. The van der Waals surface area contributed by atoms with Crippen molar-refractivity contribution in [1.82, 2.24) is 0 Å². The third-order valence-electron chi connectivity index (χ3n) is 1.58. The summed E-state index contributed by atoms with van der Waals surface area (Å²) >= 11 is 0. The third-order valence-corrected chi connectivity index (χ3v) is 1.58. The molecule has 1 unspecified atom stereocenters. The van der Waals surface area contributed by atoms with Gasteiger partial charge in [0.1, 0.15) is 0 Å². The minimum absolute atomic E-state index is 0.0276. The van der Waals surface area contributed by atoms with Gasteiger partial charge in [0.15, 0.2) is 0 Å². The Morgan fingerprint density at radius 3 is 2.82 bits per heavy atom. The Kier molecular flexibility index (Phi) is 5.53. The van der Waals surface area contributed by atoms with E-state index in [4.69, 9.17) is 4.74 Å². The molecule has 0 heterocycles. The van der Waals surface area contributed by atoms with Crippen LogP contribution in [0.25, 0.3) is 0 Å². The van der Waals surface area contributed by atoms with Crippen molar-refractivity contribution in [3.63, 3.8) is 0 Å². The van der Waals surface area contributed by atoms with E-state index in [2.05, 4.69) is 6.58 Å². The molecule has 0 aliphatic rings. The lowest BCUT2D eigenvalue weighted by atomic mass is 10.1. The summed E-state index contributed by atoms with van der Waals surface area (Å²) in [6, 6.07) is 0. The molecule has 0 bridgehead atoms. The molecule has 0 spiro atoms. The summed E-state index contributed by atoms with van der Waals surface area (Å²) in [7, 11) is 0. The Morgan fingerprint density at radius 1 is 1.73 bits per heavy atom. The van der Waals surface area contributed by atoms with Gasteiger partial charge in [-0.2, -0.15) is 0 Å². The first kappa shape index (κ1) is 10.2. The monoisotopic (exact) mass is 156 g/mol. The first-order valence-electron chi connectivity index (χ1n) is 3.99. The fraction of sp³-hybridized carbons (Fsp3) is 0.667. The number of hydrogen-bond donors (Lipinski definition) is 0. The highest BCUT2D eigenvalue weighted by Crippen LogP contribution is 2.03. The number of rotatable bonds is 5. The van der Waals surface area contributed by atoms with Gasteiger partial charge in [-0.25, -0.2) is 0 Å². The van der Waals surface area contributed by atoms with Gasteiger partial charge in [-0.15, -0.1) is 6.58 Å². The molecule has 0 fully saturated rings. The van der Waals surface area contributed by atoms with Gasteiger partial charge in [0.2, 0.25) is 0 Å². The Labute approximate surface area is 68.2 Å². The molecule has 0 radical (unpaired) electrons. The highest BCUT2D eigenvalue weighted by atomic mass is 16.5. The number of hydrogen-bond acceptors (Lipinski definition) is 2. The largest absolute Gasteiger partial charge is 0.465 e. The average Bonchev–Trinajstić information content (AvgIpc) is 2.03. The molecule has 0 N–H and O–H groups in total. The van der Waals surface area contributed by atoms with Crippen LogP contribution in [0, 0.1) is 5.92 Å². The molecule has 0 aliphatic heterocycles. The van der Waals surface area contributed by atoms with Crippen molar-refractivity contribution < 1.29 is 9.53 Å². The summed E-state index contributed by atoms with van der Waals surface area (Å²) in [5.74, 6) is -0.0748. The second kappa shape index (κ2) is 5.96. The van der Waals surface area contributed by atoms with Crippen molar-refractivity contribution in [1.29, 1.82) is 0 Å². The van der Waals surface area contributed by atoms with Crippen LogP contribution in [0.1, 0.15) is 26.7 Å². The summed E-state index contributed by atoms with van der Waals surface area (Å²) in [6.07, 6.45) is 3.32. The van der Waals surface area contributed by atoms with Crippen molar-refractivity contribution in [3.05, 3.63) is 12.7 Å². The van der Waals surface area contributed by atoms with Crippen LogP contribution < -0.4 is 0 Å². The Hall–Kier alpha value is -0.790. The van der Waals surface area contributed by atoms with E-state index < -0.39 is 0 Å². The van der Waals surface area contributed by atoms with Crippen LogP contribution in [-0.2, 0) is 9.53 Å². The summed E-state index contributed by atoms with van der Waals surface area (Å²) in [5, 5.41) is 0. The molecule has 1 atom stereocenters. The first-order valence-corrected chi connectivity index (χ1v) is 3.99. The van der Waals surface area contributed by atoms with Gasteiger partial charge in [0.05, 0.1) is 12.5 Å². The van der Waals surface area contributed by atoms with Gasteiger partial charge in [0.25, 0.3) is 0 Å². The van der Waals surface area contributed by atoms with E-state index in [0.29, 0.717) is 6.61 Å². The quantitative estimate of drug-likeness (QED) is 0.346. The maximum absolute atomic E-state index is 11.0. The van der Waals surface area contributed by atoms with Crippen LogP contribution in [0.5, 0.6) is 0 Å². The van der Waals surface area contributed by atoms with E-state index in [-0.39, 0.29) is 11.9 Å². The molecule has 11 heavy (non-hydrogen) atoms. The van der Waals surface area contributed by atoms with E-state index in [0.717, 1.165) is 12.8 Å². The fourth-order valence-corrected chi connectivity index (χ4v) is 0.552. The molecule has 2 heteroatoms. The van der Waals surface area contributed by atoms with Crippen molar-refractivity contribution in [3.8, 4) is 0 Å². The molecular weight excluding hydrogens is 140 g/mol. The molecule has 0 saturated heterocycles. The molecule has 0 aromatic heterocycles. The maximum Gasteiger partial charge on any atom is 0.308 e. The molecular formula is C9H16O2. The highest BCUT2D eigenvalue weighted by molar-refractivity contribution is 5.71. The normalized spacial score (nSPS) is 12.2. The molecule has 0 aromatic carbocycles. The van der Waals surface area contributed by atoms with E-state index in [1.807, 2.05) is 13.8 Å². The van der Waals surface area contributed by atoms with Crippen LogP contribution in [0.3, 0.4) is 0 Å². The van der Waals surface area contributed by atoms with E-state index >= 15 is 0 Å². The van der Waals surface area contributed by atoms with Crippen molar-refractivity contribution in [2.24, 2.45) is 5.92 Å². The van der Waals surface area contributed by atoms with Crippen molar-refractivity contribution in [2.75, 3.05) is 6.61 Å². The van der Waals surface area contributed by atoms with E-state index in [1.54, 1.807) is 6.08 Å². The summed E-state index contributed by atoms with van der Waals surface area (Å²) in [6.45, 7) is 7.84. The molecule has 0 rings (SSSR count). The molecule has 0 saturated carbocycles. The van der Waals surface area contributed by atoms with E-state index in [9.17, 15) is 4.79 Å². The minimum atomic E-state index is -0.102. The lowest BCUT2D eigenvalue weighted by Gasteiger charge is -2.07. The summed E-state index contributed by atoms with van der Waals surface area (Å²) in [5.41, 5.74) is 0. The van der Waals surface area contributed by atoms with Gasteiger partial charge in [0, 0.05) is 0 Å². The lowest BCUT2D eigenvalue weighted by molar-refractivity contribution is -0.147. The first-order chi connectivity index (χ1) is 5.22. The number of ether oxygens (including phenoxy) is 1. The Bertz CT molecular complexity index is 130. The second-order valence-corrected chi connectivity index (χ2v) is 2.55. The van der Waals surface area contributed by atoms with Crippen molar-refractivity contribution in [2.45, 2.75) is 26.7 Å². The fourth-order valence-electron chi connectivity index (χ4n) is 0.552. The predicted octanol–water partition coefficient (Wildman–Crippen LogP) is 2.15. The minimum Gasteiger partial charge on any atom is -0.465 e. The molecule has 64 valence electrons. The van der Waals surface area contributed by atoms with Crippen molar-refractivity contribution >= 4 is 5.97 Å². The molecule has 0 aromatic rings. The Morgan fingerprint density at radius 2 is 2.36 bits per heavy atom. The zero-order valence-corrected chi connectivity index (χ0v) is 7.30. The topological polar surface area (TPSA) is 26.3 Å². The smallest absolute Gasteiger partial charge is 0.308 e. The average molecular weight is 156 g/mol. The second-order valence-electron chi connectivity index (χ2n) is 2.55. The van der Waals surface area contributed by atoms with Gasteiger partial charge in [-0.1, -0.05) is 19.9 Å². The predicted molar refractivity (Wildman–Crippen MR) is 45.2 cm³/mol. The van der Waals surface area contributed by atoms with Crippen LogP contribution in [0.2, 0.25) is 0 Å². The van der Waals surface area contributed by atoms with Crippen LogP contribution >= 0.6 is 0 Å². The van der Waals surface area contributed by atoms with Gasteiger partial charge in [-0.05, 0) is 12.8 Å². The molecule has 0 amide bonds. The lowest BCUT2D eigenvalue weighted by Crippen LogP contribution is -2.14. The highest BCUT2D eigenvalue weighted by Gasteiger charge is 2.10. The maximum atomic E-state index is 11.0. The molecule has 2 nitrogen and oxygen atoms in total. The zero-order valence-electron chi connectivity index (χ0n) is 7.30. The number of carbonyl (C=O) groups excluding carboxylic acids is 1. The van der Waals surface area contributed by atoms with Crippen LogP contribution in [0.15, 0.2) is 12.7 Å². The zero-order chi connectivity index (χ0) is 8.69. The van der Waals surface area contributed by atoms with Crippen LogP contribution in [0.4, 0.5) is 0 Å². The third kappa shape index (κ3) is 4.59. The summed E-state index contributed by atoms with van der Waals surface area (Å²) in [4.78, 5) is 11.0. The van der Waals surface area contributed by atoms with Gasteiger partial charge in [-0.3, -0.25) is 4.79 Å². The number of carbonyl (C=O) groups is 1. The Balaban J connectivity index is 3.43. The number of esters is 1. The van der Waals surface area contributed by atoms with Gasteiger partial charge < -0.3 is 4.74 Å². The standard InChI is InChI=1S/C9H16O2/c1-4-6-7-11-9(10)8(3)5-2/h4,8H,1,5-7H2,2-3H3. The van der Waals surface area contributed by atoms with E-state index in [1.165, 1.54) is 0 Å². The molecule has 0 aliphatic carbocycles. The van der Waals surface area contributed by atoms with Crippen LogP contribution in [-0.4, -0.2) is 12.6 Å². The van der Waals surface area contributed by atoms with Gasteiger partial charge >= 0.3 is 5.97 Å².